The minimum Gasteiger partial charge on any atom is -0.312 e. The van der Waals surface area contributed by atoms with Gasteiger partial charge in [0.2, 0.25) is 0 Å². The van der Waals surface area contributed by atoms with E-state index in [1.54, 1.807) is 15.4 Å². The molecule has 1 aliphatic carbocycles. The fourth-order valence-electron chi connectivity index (χ4n) is 3.89. The molecule has 0 saturated heterocycles. The molecule has 0 atom stereocenters. The van der Waals surface area contributed by atoms with Crippen LogP contribution in [0.1, 0.15) is 48.7 Å². The first-order valence-corrected chi connectivity index (χ1v) is 10.3. The molecule has 1 saturated carbocycles. The van der Waals surface area contributed by atoms with Crippen molar-refractivity contribution < 1.29 is 8.42 Å². The minimum absolute atomic E-state index is 0.166. The molecule has 25 heavy (non-hydrogen) atoms. The molecule has 9 heteroatoms. The van der Waals surface area contributed by atoms with Gasteiger partial charge in [-0.1, -0.05) is 12.8 Å². The molecule has 3 heterocycles. The Kier molecular flexibility index (Phi) is 4.07. The van der Waals surface area contributed by atoms with Crippen LogP contribution in [0.25, 0.3) is 0 Å². The molecule has 2 aromatic heterocycles. The summed E-state index contributed by atoms with van der Waals surface area (Å²) in [5.74, 6) is 0.418. The molecule has 0 amide bonds. The van der Waals surface area contributed by atoms with E-state index in [9.17, 15) is 8.42 Å². The highest BCUT2D eigenvalue weighted by atomic mass is 32.2. The molecule has 2 aromatic rings. The average Bonchev–Trinajstić information content (AvgIpc) is 3.28. The van der Waals surface area contributed by atoms with Gasteiger partial charge in [0.15, 0.2) is 10.8 Å². The van der Waals surface area contributed by atoms with Crippen LogP contribution in [-0.4, -0.2) is 34.5 Å². The van der Waals surface area contributed by atoms with E-state index >= 15 is 0 Å². The van der Waals surface area contributed by atoms with Crippen molar-refractivity contribution in [1.82, 2.24) is 24.9 Å². The number of aromatic nitrogens is 4. The van der Waals surface area contributed by atoms with Crippen LogP contribution >= 0.6 is 0 Å². The zero-order valence-electron chi connectivity index (χ0n) is 14.6. The smallest absolute Gasteiger partial charge is 0.280 e. The van der Waals surface area contributed by atoms with E-state index in [-0.39, 0.29) is 11.1 Å². The molecule has 0 bridgehead atoms. The van der Waals surface area contributed by atoms with Crippen LogP contribution in [0.15, 0.2) is 11.1 Å². The van der Waals surface area contributed by atoms with Crippen LogP contribution in [0.5, 0.6) is 0 Å². The van der Waals surface area contributed by atoms with Crippen LogP contribution < -0.4 is 10.0 Å². The summed E-state index contributed by atoms with van der Waals surface area (Å²) in [7, 11) is -1.88. The summed E-state index contributed by atoms with van der Waals surface area (Å²) in [5, 5.41) is 12.4. The Balaban J connectivity index is 1.69. The number of hydrogen-bond acceptors (Lipinski definition) is 5. The third-order valence-electron chi connectivity index (χ3n) is 5.12. The van der Waals surface area contributed by atoms with Crippen LogP contribution in [0.3, 0.4) is 0 Å². The summed E-state index contributed by atoms with van der Waals surface area (Å²) in [6, 6.07) is 1.81. The summed E-state index contributed by atoms with van der Waals surface area (Å²) in [6.45, 7) is 3.34. The topological polar surface area (TPSA) is 93.8 Å². The van der Waals surface area contributed by atoms with Crippen LogP contribution in [0.4, 0.5) is 5.82 Å². The lowest BCUT2D eigenvalue weighted by Crippen LogP contribution is -2.25. The first-order valence-electron chi connectivity index (χ1n) is 8.80. The number of sulfonamides is 1. The van der Waals surface area contributed by atoms with Crippen molar-refractivity contribution in [1.29, 1.82) is 0 Å². The van der Waals surface area contributed by atoms with Gasteiger partial charge in [-0.2, -0.15) is 18.6 Å². The van der Waals surface area contributed by atoms with E-state index < -0.39 is 10.0 Å². The first kappa shape index (κ1) is 16.6. The zero-order valence-corrected chi connectivity index (χ0v) is 15.4. The normalized spacial score (nSPS) is 18.5. The van der Waals surface area contributed by atoms with Crippen molar-refractivity contribution in [3.8, 4) is 0 Å². The van der Waals surface area contributed by atoms with Crippen molar-refractivity contribution in [3.63, 3.8) is 0 Å². The average molecular weight is 364 g/mol. The molecule has 2 aliphatic rings. The molecule has 2 N–H and O–H groups in total. The molecule has 0 radical (unpaired) electrons. The van der Waals surface area contributed by atoms with Crippen molar-refractivity contribution in [3.05, 3.63) is 23.0 Å². The third-order valence-corrected chi connectivity index (χ3v) is 6.43. The number of nitrogens with one attached hydrogen (secondary N) is 2. The number of anilines is 1. The van der Waals surface area contributed by atoms with E-state index in [4.69, 9.17) is 0 Å². The van der Waals surface area contributed by atoms with Gasteiger partial charge in [0, 0.05) is 43.9 Å². The second-order valence-electron chi connectivity index (χ2n) is 6.94. The van der Waals surface area contributed by atoms with E-state index in [0.717, 1.165) is 55.6 Å². The van der Waals surface area contributed by atoms with Crippen molar-refractivity contribution in [2.75, 3.05) is 11.3 Å². The summed E-state index contributed by atoms with van der Waals surface area (Å²) in [6.07, 6.45) is 5.05. The number of aryl methyl sites for hydroxylation is 2. The lowest BCUT2D eigenvalue weighted by Gasteiger charge is -2.16. The van der Waals surface area contributed by atoms with Gasteiger partial charge in [-0.15, -0.1) is 0 Å². The number of rotatable bonds is 4. The third kappa shape index (κ3) is 2.95. The highest BCUT2D eigenvalue weighted by Gasteiger charge is 2.29. The summed E-state index contributed by atoms with van der Waals surface area (Å²) < 4.78 is 32.3. The Morgan fingerprint density at radius 3 is 2.80 bits per heavy atom. The highest BCUT2D eigenvalue weighted by molar-refractivity contribution is 7.92. The predicted octanol–water partition coefficient (Wildman–Crippen LogP) is 1.49. The SMILES string of the molecule is Cc1cc(S(=O)(=O)Nc2nn(C)c3c2CNCC3)n(C2CCCC2)n1. The highest BCUT2D eigenvalue weighted by Crippen LogP contribution is 2.32. The Morgan fingerprint density at radius 1 is 1.28 bits per heavy atom. The van der Waals surface area contributed by atoms with E-state index in [2.05, 4.69) is 20.2 Å². The maximum absolute atomic E-state index is 13.0. The van der Waals surface area contributed by atoms with Crippen LogP contribution in [0.2, 0.25) is 0 Å². The van der Waals surface area contributed by atoms with Gasteiger partial charge in [0.05, 0.1) is 11.7 Å². The predicted molar refractivity (Wildman–Crippen MR) is 93.9 cm³/mol. The van der Waals surface area contributed by atoms with Crippen molar-refractivity contribution >= 4 is 15.8 Å². The Hall–Kier alpha value is -1.87. The molecule has 0 aromatic carbocycles. The van der Waals surface area contributed by atoms with Gasteiger partial charge >= 0.3 is 0 Å². The maximum Gasteiger partial charge on any atom is 0.280 e. The lowest BCUT2D eigenvalue weighted by atomic mass is 10.1. The molecular formula is C16H24N6O2S. The summed E-state index contributed by atoms with van der Waals surface area (Å²) >= 11 is 0. The summed E-state index contributed by atoms with van der Waals surface area (Å²) in [5.41, 5.74) is 2.73. The first-order chi connectivity index (χ1) is 12.0. The largest absolute Gasteiger partial charge is 0.312 e. The Bertz CT molecular complexity index is 892. The minimum atomic E-state index is -3.73. The second kappa shape index (κ2) is 6.14. The molecule has 0 spiro atoms. The Labute approximate surface area is 147 Å². The van der Waals surface area contributed by atoms with Gasteiger partial charge in [0.25, 0.3) is 10.0 Å². The zero-order chi connectivity index (χ0) is 17.6. The van der Waals surface area contributed by atoms with E-state index in [1.165, 1.54) is 0 Å². The van der Waals surface area contributed by atoms with Gasteiger partial charge in [-0.05, 0) is 19.8 Å². The Morgan fingerprint density at radius 2 is 2.04 bits per heavy atom. The quantitative estimate of drug-likeness (QED) is 0.857. The lowest BCUT2D eigenvalue weighted by molar-refractivity contribution is 0.426. The van der Waals surface area contributed by atoms with E-state index in [1.807, 2.05) is 14.0 Å². The van der Waals surface area contributed by atoms with Gasteiger partial charge in [-0.25, -0.2) is 4.68 Å². The molecule has 4 rings (SSSR count). The molecule has 136 valence electrons. The monoisotopic (exact) mass is 364 g/mol. The van der Waals surface area contributed by atoms with Crippen molar-refractivity contribution in [2.45, 2.75) is 56.6 Å². The molecule has 0 unspecified atom stereocenters. The number of hydrogen-bond donors (Lipinski definition) is 2. The molecule has 1 fully saturated rings. The van der Waals surface area contributed by atoms with Gasteiger partial charge in [0.1, 0.15) is 0 Å². The second-order valence-corrected chi connectivity index (χ2v) is 8.57. The van der Waals surface area contributed by atoms with Crippen molar-refractivity contribution in [2.24, 2.45) is 7.05 Å². The van der Waals surface area contributed by atoms with Crippen LogP contribution in [0, 0.1) is 6.92 Å². The van der Waals surface area contributed by atoms with Crippen LogP contribution in [-0.2, 0) is 30.0 Å². The molecule has 8 nitrogen and oxygen atoms in total. The van der Waals surface area contributed by atoms with Gasteiger partial charge in [-0.3, -0.25) is 9.40 Å². The maximum atomic E-state index is 13.0. The fraction of sp³-hybridized carbons (Fsp3) is 0.625. The standard InChI is InChI=1S/C16H24N6O2S/c1-11-9-15(22(18-11)12-5-3-4-6-12)25(23,24)20-16-13-10-17-8-7-14(13)21(2)19-16/h9,12,17H,3-8,10H2,1-2H3,(H,19,20). The molecular weight excluding hydrogens is 340 g/mol. The molecule has 1 aliphatic heterocycles. The van der Waals surface area contributed by atoms with E-state index in [0.29, 0.717) is 12.4 Å². The number of nitrogens with zero attached hydrogens (tertiary/aromatic N) is 4. The number of fused-ring (bicyclic) bond motifs is 1. The summed E-state index contributed by atoms with van der Waals surface area (Å²) in [4.78, 5) is 0. The fourth-order valence-corrected chi connectivity index (χ4v) is 5.17. The van der Waals surface area contributed by atoms with Gasteiger partial charge < -0.3 is 5.32 Å².